The van der Waals surface area contributed by atoms with Gasteiger partial charge in [-0.15, -0.1) is 0 Å². The van der Waals surface area contributed by atoms with Gasteiger partial charge in [0.15, 0.2) is 0 Å². The first-order valence-electron chi connectivity index (χ1n) is 19.2. The van der Waals surface area contributed by atoms with Crippen molar-refractivity contribution in [1.29, 1.82) is 0 Å². The van der Waals surface area contributed by atoms with E-state index in [0.717, 1.165) is 44.2 Å². The summed E-state index contributed by atoms with van der Waals surface area (Å²) in [6.45, 7) is 0. The van der Waals surface area contributed by atoms with E-state index in [9.17, 15) is 0 Å². The number of aromatic amines is 4. The summed E-state index contributed by atoms with van der Waals surface area (Å²) in [4.78, 5) is 15.7. The van der Waals surface area contributed by atoms with Crippen molar-refractivity contribution in [2.45, 2.75) is 0 Å². The van der Waals surface area contributed by atoms with Crippen LogP contribution in [0.25, 0.3) is 110 Å². The molecule has 13 rings (SSSR count). The molecule has 12 aromatic rings. The second kappa shape index (κ2) is 11.0. The molecule has 4 aromatic heterocycles. The zero-order valence-corrected chi connectivity index (χ0v) is 30.2. The van der Waals surface area contributed by atoms with Gasteiger partial charge in [-0.3, -0.25) is 0 Å². The lowest BCUT2D eigenvalue weighted by Crippen LogP contribution is -2.11. The molecule has 0 atom stereocenters. The van der Waals surface area contributed by atoms with Crippen molar-refractivity contribution in [2.24, 2.45) is 0 Å². The van der Waals surface area contributed by atoms with E-state index >= 15 is 0 Å². The average molecular weight is 713 g/mol. The lowest BCUT2D eigenvalue weighted by molar-refractivity contribution is 1.25. The van der Waals surface area contributed by atoms with Gasteiger partial charge in [0.05, 0.1) is 0 Å². The van der Waals surface area contributed by atoms with Crippen LogP contribution in [-0.4, -0.2) is 19.9 Å². The van der Waals surface area contributed by atoms with E-state index < -0.39 is 0 Å². The Balaban J connectivity index is 1.24. The van der Waals surface area contributed by atoms with Gasteiger partial charge in [-0.05, 0) is 116 Å². The largest absolute Gasteiger partial charge is 0.354 e. The molecule has 8 bridgehead atoms. The van der Waals surface area contributed by atoms with Gasteiger partial charge in [0.2, 0.25) is 0 Å². The van der Waals surface area contributed by atoms with Crippen molar-refractivity contribution in [2.75, 3.05) is 0 Å². The van der Waals surface area contributed by atoms with Crippen LogP contribution in [0, 0.1) is 0 Å². The molecule has 0 saturated carbocycles. The van der Waals surface area contributed by atoms with Gasteiger partial charge in [0.1, 0.15) is 0 Å². The zero-order chi connectivity index (χ0) is 36.5. The van der Waals surface area contributed by atoms with Crippen LogP contribution in [0.2, 0.25) is 0 Å². The van der Waals surface area contributed by atoms with Gasteiger partial charge >= 0.3 is 0 Å². The van der Waals surface area contributed by atoms with E-state index in [0.29, 0.717) is 0 Å². The molecule has 0 saturated heterocycles. The molecule has 1 aliphatic rings. The van der Waals surface area contributed by atoms with Crippen molar-refractivity contribution in [3.8, 4) is 0 Å². The molecule has 4 heteroatoms. The Hall–Kier alpha value is -7.56. The second-order valence-electron chi connectivity index (χ2n) is 15.4. The molecule has 5 heterocycles. The van der Waals surface area contributed by atoms with Crippen LogP contribution < -0.4 is 21.4 Å². The third-order valence-electron chi connectivity index (χ3n) is 12.1. The van der Waals surface area contributed by atoms with E-state index in [2.05, 4.69) is 190 Å². The van der Waals surface area contributed by atoms with Crippen LogP contribution in [0.4, 0.5) is 0 Å². The number of H-pyrrole nitrogens is 4. The Bertz CT molecular complexity index is 3440. The normalized spacial score (nSPS) is 12.9. The smallest absolute Gasteiger partial charge is 0.0486 e. The number of aromatic nitrogens is 4. The van der Waals surface area contributed by atoms with Crippen LogP contribution in [0.3, 0.4) is 0 Å². The van der Waals surface area contributed by atoms with Gasteiger partial charge < -0.3 is 19.9 Å². The van der Waals surface area contributed by atoms with E-state index in [1.54, 1.807) is 0 Å². The maximum absolute atomic E-state index is 3.92. The molecule has 0 amide bonds. The summed E-state index contributed by atoms with van der Waals surface area (Å²) in [6.07, 6.45) is 9.22. The van der Waals surface area contributed by atoms with Crippen molar-refractivity contribution in [3.63, 3.8) is 0 Å². The first kappa shape index (κ1) is 29.8. The summed E-state index contributed by atoms with van der Waals surface area (Å²) in [7, 11) is 0. The number of hydrogen-bond acceptors (Lipinski definition) is 0. The number of benzene rings is 8. The maximum atomic E-state index is 3.92. The minimum Gasteiger partial charge on any atom is -0.354 e. The maximum Gasteiger partial charge on any atom is 0.0486 e. The number of fused-ring (bicyclic) bond motifs is 24. The SMILES string of the molecule is C1=c2[nH]c(c3cc4ccccc4cc23)=Cc2[nH]c(c3cc4ccccc4cc23)C=c2[nH]c(c3cc4ccccc4cc23)=Cc2[nH]c1c1cc3ccccc3cc21. The molecular weight excluding hydrogens is 681 g/mol. The fraction of sp³-hybridized carbons (Fsp3) is 0. The Labute approximate surface area is 319 Å². The monoisotopic (exact) mass is 712 g/mol. The van der Waals surface area contributed by atoms with Crippen molar-refractivity contribution < 1.29 is 0 Å². The van der Waals surface area contributed by atoms with E-state index in [1.807, 2.05) is 0 Å². The van der Waals surface area contributed by atoms with Crippen LogP contribution >= 0.6 is 0 Å². The Morgan fingerprint density at radius 2 is 0.411 bits per heavy atom. The molecule has 0 radical (unpaired) electrons. The Morgan fingerprint density at radius 1 is 0.214 bits per heavy atom. The van der Waals surface area contributed by atoms with E-state index in [1.165, 1.54) is 86.2 Å². The van der Waals surface area contributed by atoms with E-state index in [4.69, 9.17) is 0 Å². The average Bonchev–Trinajstić information content (AvgIpc) is 3.95. The minimum absolute atomic E-state index is 1.07. The predicted octanol–water partition coefficient (Wildman–Crippen LogP) is 9.85. The fourth-order valence-corrected chi connectivity index (χ4v) is 9.35. The summed E-state index contributed by atoms with van der Waals surface area (Å²) in [5.74, 6) is 0. The molecule has 1 aliphatic heterocycles. The summed E-state index contributed by atoms with van der Waals surface area (Å²) in [6, 6.07) is 53.3. The molecule has 56 heavy (non-hydrogen) atoms. The van der Waals surface area contributed by atoms with E-state index in [-0.39, 0.29) is 0 Å². The second-order valence-corrected chi connectivity index (χ2v) is 15.4. The molecule has 8 aromatic carbocycles. The lowest BCUT2D eigenvalue weighted by Gasteiger charge is -2.00. The van der Waals surface area contributed by atoms with Crippen molar-refractivity contribution in [1.82, 2.24) is 19.9 Å². The third kappa shape index (κ3) is 4.35. The highest BCUT2D eigenvalue weighted by molar-refractivity contribution is 6.09. The molecular formula is C52H32N4. The van der Waals surface area contributed by atoms with Crippen molar-refractivity contribution >= 4 is 110 Å². The molecule has 0 spiro atoms. The van der Waals surface area contributed by atoms with Gasteiger partial charge in [-0.25, -0.2) is 0 Å². The third-order valence-corrected chi connectivity index (χ3v) is 12.1. The molecule has 4 N–H and O–H groups in total. The van der Waals surface area contributed by atoms with Gasteiger partial charge in [0.25, 0.3) is 0 Å². The number of nitrogens with one attached hydrogen (secondary N) is 4. The lowest BCUT2D eigenvalue weighted by atomic mass is 10.0. The molecule has 260 valence electrons. The first-order valence-corrected chi connectivity index (χ1v) is 19.2. The highest BCUT2D eigenvalue weighted by Crippen LogP contribution is 2.32. The van der Waals surface area contributed by atoms with Crippen molar-refractivity contribution in [3.05, 3.63) is 190 Å². The number of rotatable bonds is 0. The predicted molar refractivity (Wildman–Crippen MR) is 236 cm³/mol. The fourth-order valence-electron chi connectivity index (χ4n) is 9.35. The highest BCUT2D eigenvalue weighted by Gasteiger charge is 2.15. The molecule has 0 aliphatic carbocycles. The quantitative estimate of drug-likeness (QED) is 0.121. The standard InChI is InChI=1S/C52H32N4/c1-2-10-30-18-38-37(17-29(30)9-1)45-25-47-39-19-31-11-3-4-12-32(31)20-40(39)49(54-47)27-51-43-23-35-15-7-8-16-36(35)24-44(43)52(56-51)28-50-42-22-34-14-6-5-13-33(34)21-41(42)48(55-50)26-46(38)53-45/h1-28,53-56H. The van der Waals surface area contributed by atoms with Gasteiger partial charge in [-0.2, -0.15) is 0 Å². The highest BCUT2D eigenvalue weighted by atomic mass is 14.8. The van der Waals surface area contributed by atoms with Crippen LogP contribution in [-0.2, 0) is 0 Å². The first-order chi connectivity index (χ1) is 27.7. The summed E-state index contributed by atoms with van der Waals surface area (Å²) in [5, 5.41) is 23.5. The Kier molecular flexibility index (Phi) is 5.86. The zero-order valence-electron chi connectivity index (χ0n) is 30.2. The Morgan fingerprint density at radius 3 is 0.625 bits per heavy atom. The summed E-state index contributed by atoms with van der Waals surface area (Å²) < 4.78 is 0. The molecule has 0 fully saturated rings. The van der Waals surface area contributed by atoms with Gasteiger partial charge in [-0.1, -0.05) is 97.1 Å². The summed E-state index contributed by atoms with van der Waals surface area (Å²) in [5.41, 5.74) is 4.27. The topological polar surface area (TPSA) is 63.2 Å². The van der Waals surface area contributed by atoms with Crippen LogP contribution in [0.1, 0.15) is 22.8 Å². The summed E-state index contributed by atoms with van der Waals surface area (Å²) >= 11 is 0. The molecule has 0 unspecified atom stereocenters. The van der Waals surface area contributed by atoms with Gasteiger partial charge in [0, 0.05) is 87.3 Å². The number of hydrogen-bond donors (Lipinski definition) is 4. The van der Waals surface area contributed by atoms with Crippen LogP contribution in [0.15, 0.2) is 146 Å². The molecule has 4 nitrogen and oxygen atoms in total. The minimum atomic E-state index is 1.07. The van der Waals surface area contributed by atoms with Crippen LogP contribution in [0.5, 0.6) is 0 Å².